The fourth-order valence-corrected chi connectivity index (χ4v) is 7.45. The van der Waals surface area contributed by atoms with Gasteiger partial charge in [-0.2, -0.15) is 0 Å². The Bertz CT molecular complexity index is 1310. The molecule has 0 saturated heterocycles. The molecule has 0 aliphatic rings. The summed E-state index contributed by atoms with van der Waals surface area (Å²) in [5.74, 6) is -0.158. The second-order valence-corrected chi connectivity index (χ2v) is 12.2. The average Bonchev–Trinajstić information content (AvgIpc) is 3.31. The standard InChI is InChI=1S/C27H28AsN3O3S/c1-34-14-13-28-25(27(33)30-17-18-7-3-2-4-8-18)20-12-11-19-15-24(35-23(19)16-20)26(32)31-22-10-6-5-9-21(22)29/h2-12,15-16,25,28H,13-14,17,29H2,1H3,(H,30,33)(H,31,32). The van der Waals surface area contributed by atoms with Gasteiger partial charge in [0.2, 0.25) is 0 Å². The number of benzene rings is 3. The van der Waals surface area contributed by atoms with Crippen LogP contribution in [-0.2, 0) is 16.1 Å². The van der Waals surface area contributed by atoms with E-state index in [9.17, 15) is 9.59 Å². The number of carbonyl (C=O) groups excluding carboxylic acids is 2. The van der Waals surface area contributed by atoms with Gasteiger partial charge in [0, 0.05) is 0 Å². The molecule has 4 aromatic rings. The van der Waals surface area contributed by atoms with Gasteiger partial charge >= 0.3 is 216 Å². The molecule has 1 heterocycles. The first-order chi connectivity index (χ1) is 17.0. The van der Waals surface area contributed by atoms with Gasteiger partial charge in [0.25, 0.3) is 0 Å². The van der Waals surface area contributed by atoms with E-state index < -0.39 is 15.8 Å². The summed E-state index contributed by atoms with van der Waals surface area (Å²) in [6.45, 7) is 1.15. The number of para-hydroxylation sites is 2. The SMILES string of the molecule is COCC[AsH]C(C(=O)NCc1ccccc1)c1ccc2cc(C(=O)Nc3ccccc3N)sc2c1. The van der Waals surface area contributed by atoms with Gasteiger partial charge in [0.1, 0.15) is 0 Å². The van der Waals surface area contributed by atoms with E-state index in [1.165, 1.54) is 11.3 Å². The number of nitrogens with one attached hydrogen (secondary N) is 2. The van der Waals surface area contributed by atoms with Crippen molar-refractivity contribution < 1.29 is 14.3 Å². The van der Waals surface area contributed by atoms with Crippen LogP contribution in [0.5, 0.6) is 0 Å². The van der Waals surface area contributed by atoms with E-state index in [-0.39, 0.29) is 16.5 Å². The van der Waals surface area contributed by atoms with Gasteiger partial charge in [-0.15, -0.1) is 0 Å². The second-order valence-electron chi connectivity index (χ2n) is 8.03. The summed E-state index contributed by atoms with van der Waals surface area (Å²) in [5, 5.41) is 7.87. The molecular formula is C27H28AsN3O3S. The van der Waals surface area contributed by atoms with E-state index >= 15 is 0 Å². The molecule has 0 spiro atoms. The molecule has 35 heavy (non-hydrogen) atoms. The molecule has 4 rings (SSSR count). The van der Waals surface area contributed by atoms with Gasteiger partial charge in [-0.25, -0.2) is 0 Å². The predicted octanol–water partition coefficient (Wildman–Crippen LogP) is 4.59. The summed E-state index contributed by atoms with van der Waals surface area (Å²) < 4.78 is 6.04. The van der Waals surface area contributed by atoms with Crippen LogP contribution < -0.4 is 16.4 Å². The summed E-state index contributed by atoms with van der Waals surface area (Å²) in [6.07, 6.45) is 0. The van der Waals surface area contributed by atoms with E-state index in [4.69, 9.17) is 10.5 Å². The number of anilines is 2. The van der Waals surface area contributed by atoms with Crippen LogP contribution in [-0.4, -0.2) is 41.3 Å². The van der Waals surface area contributed by atoms with Gasteiger partial charge in [-0.05, 0) is 0 Å². The number of rotatable bonds is 10. The zero-order valence-corrected chi connectivity index (χ0v) is 22.3. The number of ether oxygens (including phenoxy) is 1. The van der Waals surface area contributed by atoms with Crippen LogP contribution in [0.2, 0.25) is 5.21 Å². The van der Waals surface area contributed by atoms with Crippen LogP contribution >= 0.6 is 11.3 Å². The Labute approximate surface area is 215 Å². The first kappa shape index (κ1) is 25.0. The van der Waals surface area contributed by atoms with Crippen molar-refractivity contribution >= 4 is 60.4 Å². The molecule has 0 bridgehead atoms. The van der Waals surface area contributed by atoms with E-state index in [0.717, 1.165) is 26.4 Å². The monoisotopic (exact) mass is 549 g/mol. The first-order valence-corrected chi connectivity index (χ1v) is 14.8. The second kappa shape index (κ2) is 12.0. The fraction of sp³-hybridized carbons (Fsp3) is 0.185. The van der Waals surface area contributed by atoms with Crippen LogP contribution in [0.25, 0.3) is 10.1 Å². The summed E-state index contributed by atoms with van der Waals surface area (Å²) in [4.78, 5) is 26.6. The van der Waals surface area contributed by atoms with Gasteiger partial charge in [0.05, 0.1) is 0 Å². The molecule has 180 valence electrons. The Kier molecular flexibility index (Phi) is 8.58. The Morgan fingerprint density at radius 3 is 2.57 bits per heavy atom. The van der Waals surface area contributed by atoms with Crippen molar-refractivity contribution in [2.75, 3.05) is 24.8 Å². The topological polar surface area (TPSA) is 93.4 Å². The number of thiophene rings is 1. The van der Waals surface area contributed by atoms with Crippen molar-refractivity contribution in [2.45, 2.75) is 16.5 Å². The number of fused-ring (bicyclic) bond motifs is 1. The summed E-state index contributed by atoms with van der Waals surface area (Å²) in [5.41, 5.74) is 9.13. The molecule has 8 heteroatoms. The maximum absolute atomic E-state index is 13.2. The molecule has 3 aromatic carbocycles. The van der Waals surface area contributed by atoms with Crippen LogP contribution in [0.15, 0.2) is 78.9 Å². The van der Waals surface area contributed by atoms with E-state index in [1.54, 1.807) is 19.2 Å². The third-order valence-corrected chi connectivity index (χ3v) is 9.77. The number of nitrogens with two attached hydrogens (primary N) is 1. The van der Waals surface area contributed by atoms with Gasteiger partial charge in [0.15, 0.2) is 0 Å². The van der Waals surface area contributed by atoms with Gasteiger partial charge in [-0.1, -0.05) is 0 Å². The Balaban J connectivity index is 1.53. The Morgan fingerprint density at radius 2 is 1.80 bits per heavy atom. The zero-order chi connectivity index (χ0) is 24.6. The summed E-state index contributed by atoms with van der Waals surface area (Å²) in [6, 6.07) is 25.0. The number of hydrogen-bond acceptors (Lipinski definition) is 5. The molecule has 6 nitrogen and oxygen atoms in total. The first-order valence-electron chi connectivity index (χ1n) is 11.3. The molecule has 2 atom stereocenters. The molecular weight excluding hydrogens is 521 g/mol. The van der Waals surface area contributed by atoms with Crippen LogP contribution in [0.3, 0.4) is 0 Å². The quantitative estimate of drug-likeness (QED) is 0.153. The molecule has 0 radical (unpaired) electrons. The van der Waals surface area contributed by atoms with Gasteiger partial charge in [-0.3, -0.25) is 0 Å². The number of amides is 2. The number of hydrogen-bond donors (Lipinski definition) is 3. The van der Waals surface area contributed by atoms with Crippen LogP contribution in [0, 0.1) is 0 Å². The Morgan fingerprint density at radius 1 is 1.03 bits per heavy atom. The molecule has 0 aliphatic heterocycles. The van der Waals surface area contributed by atoms with Crippen molar-refractivity contribution in [1.82, 2.24) is 5.32 Å². The molecule has 2 unspecified atom stereocenters. The van der Waals surface area contributed by atoms with Crippen molar-refractivity contribution in [3.63, 3.8) is 0 Å². The van der Waals surface area contributed by atoms with Crippen molar-refractivity contribution in [2.24, 2.45) is 0 Å². The number of carbonyl (C=O) groups is 2. The fourth-order valence-electron chi connectivity index (χ4n) is 3.69. The third-order valence-electron chi connectivity index (χ3n) is 5.54. The van der Waals surface area contributed by atoms with E-state index in [2.05, 4.69) is 16.7 Å². The summed E-state index contributed by atoms with van der Waals surface area (Å²) >= 11 is 0.786. The number of nitrogen functional groups attached to an aromatic ring is 1. The van der Waals surface area contributed by atoms with Gasteiger partial charge < -0.3 is 0 Å². The van der Waals surface area contributed by atoms with Crippen LogP contribution in [0.1, 0.15) is 25.5 Å². The van der Waals surface area contributed by atoms with Crippen molar-refractivity contribution in [3.8, 4) is 0 Å². The van der Waals surface area contributed by atoms with E-state index in [1.807, 2.05) is 60.7 Å². The predicted molar refractivity (Wildman–Crippen MR) is 145 cm³/mol. The Hall–Kier alpha value is -3.12. The van der Waals surface area contributed by atoms with Crippen LogP contribution in [0.4, 0.5) is 11.4 Å². The normalized spacial score (nSPS) is 12.1. The summed E-state index contributed by atoms with van der Waals surface area (Å²) in [7, 11) is 1.68. The van der Waals surface area contributed by atoms with E-state index in [0.29, 0.717) is 29.4 Å². The minimum atomic E-state index is -0.631. The molecule has 0 aliphatic carbocycles. The van der Waals surface area contributed by atoms with Crippen molar-refractivity contribution in [1.29, 1.82) is 0 Å². The third kappa shape index (κ3) is 6.51. The number of methoxy groups -OCH3 is 1. The van der Waals surface area contributed by atoms with Crippen molar-refractivity contribution in [3.05, 3.63) is 94.9 Å². The molecule has 2 amide bonds. The maximum atomic E-state index is 13.2. The molecule has 4 N–H and O–H groups in total. The molecule has 1 aromatic heterocycles. The molecule has 0 fully saturated rings. The molecule has 0 saturated carbocycles. The zero-order valence-electron chi connectivity index (χ0n) is 19.4. The average molecular weight is 550 g/mol. The minimum absolute atomic E-state index is 0.0402.